The van der Waals surface area contributed by atoms with Crippen LogP contribution in [0.1, 0.15) is 28.4 Å². The van der Waals surface area contributed by atoms with Gasteiger partial charge in [0.2, 0.25) is 5.91 Å². The van der Waals surface area contributed by atoms with Crippen LogP contribution in [0, 0.1) is 0 Å². The van der Waals surface area contributed by atoms with Crippen LogP contribution in [0.5, 0.6) is 5.75 Å². The Balaban J connectivity index is 1.63. The molecule has 6 nitrogen and oxygen atoms in total. The Morgan fingerprint density at radius 2 is 1.72 bits per heavy atom. The summed E-state index contributed by atoms with van der Waals surface area (Å²) in [7, 11) is 0. The third kappa shape index (κ3) is 6.04. The molecule has 6 heteroatoms. The second kappa shape index (κ2) is 9.85. The molecule has 0 spiro atoms. The number of carbonyl (C=O) groups is 2. The summed E-state index contributed by atoms with van der Waals surface area (Å²) in [6.45, 7) is 1.85. The van der Waals surface area contributed by atoms with Crippen molar-refractivity contribution in [1.29, 1.82) is 0 Å². The normalized spacial score (nSPS) is 10.5. The molecule has 3 aromatic carbocycles. The van der Waals surface area contributed by atoms with Gasteiger partial charge in [0.15, 0.2) is 0 Å². The van der Waals surface area contributed by atoms with Gasteiger partial charge in [0, 0.05) is 23.7 Å². The maximum atomic E-state index is 12.3. The summed E-state index contributed by atoms with van der Waals surface area (Å²) in [6, 6.07) is 24.0. The quantitative estimate of drug-likeness (QED) is 0.475. The number of carbonyl (C=O) groups excluding carboxylic acids is 2. The molecule has 0 atom stereocenters. The van der Waals surface area contributed by atoms with Crippen molar-refractivity contribution in [2.45, 2.75) is 13.5 Å². The Bertz CT molecular complexity index is 1020. The van der Waals surface area contributed by atoms with Gasteiger partial charge in [-0.3, -0.25) is 9.59 Å². The minimum atomic E-state index is -0.379. The van der Waals surface area contributed by atoms with Gasteiger partial charge in [-0.05, 0) is 35.9 Å². The lowest BCUT2D eigenvalue weighted by molar-refractivity contribution is -0.114. The third-order valence-electron chi connectivity index (χ3n) is 3.97. The van der Waals surface area contributed by atoms with Gasteiger partial charge in [-0.1, -0.05) is 48.5 Å². The van der Waals surface area contributed by atoms with Gasteiger partial charge >= 0.3 is 0 Å². The highest BCUT2D eigenvalue weighted by atomic mass is 16.5. The van der Waals surface area contributed by atoms with Crippen molar-refractivity contribution < 1.29 is 14.3 Å². The summed E-state index contributed by atoms with van der Waals surface area (Å²) in [5.41, 5.74) is 5.24. The number of ether oxygens (including phenoxy) is 1. The van der Waals surface area contributed by atoms with Crippen molar-refractivity contribution in [3.63, 3.8) is 0 Å². The van der Waals surface area contributed by atoms with Gasteiger partial charge in [0.1, 0.15) is 12.4 Å². The van der Waals surface area contributed by atoms with Crippen molar-refractivity contribution in [3.05, 3.63) is 95.6 Å². The summed E-state index contributed by atoms with van der Waals surface area (Å²) < 4.78 is 5.87. The predicted octanol–water partition coefficient (Wildman–Crippen LogP) is 3.99. The zero-order valence-corrected chi connectivity index (χ0v) is 16.0. The minimum Gasteiger partial charge on any atom is -0.488 e. The standard InChI is InChI=1S/C23H21N3O3/c1-17(27)25-21-12-7-11-19(14-21)23(28)26-24-15-20-10-5-6-13-22(20)29-16-18-8-3-2-4-9-18/h2-15H,16H2,1H3,(H,25,27)(H,26,28). The van der Waals surface area contributed by atoms with Crippen LogP contribution in [0.3, 0.4) is 0 Å². The van der Waals surface area contributed by atoms with E-state index >= 15 is 0 Å². The molecule has 146 valence electrons. The molecule has 0 aliphatic heterocycles. The molecular formula is C23H21N3O3. The van der Waals surface area contributed by atoms with E-state index in [1.54, 1.807) is 24.3 Å². The number of hydrogen-bond acceptors (Lipinski definition) is 4. The zero-order chi connectivity index (χ0) is 20.5. The first-order valence-electron chi connectivity index (χ1n) is 9.08. The van der Waals surface area contributed by atoms with Crippen LogP contribution in [0.4, 0.5) is 5.69 Å². The Hall–Kier alpha value is -3.93. The number of anilines is 1. The molecule has 2 amide bonds. The first-order valence-corrected chi connectivity index (χ1v) is 9.08. The topological polar surface area (TPSA) is 79.8 Å². The van der Waals surface area contributed by atoms with Gasteiger partial charge in [-0.2, -0.15) is 5.10 Å². The zero-order valence-electron chi connectivity index (χ0n) is 16.0. The maximum absolute atomic E-state index is 12.3. The predicted molar refractivity (Wildman–Crippen MR) is 113 cm³/mol. The second-order valence-electron chi connectivity index (χ2n) is 6.27. The molecule has 29 heavy (non-hydrogen) atoms. The number of rotatable bonds is 7. The van der Waals surface area contributed by atoms with Crippen LogP contribution in [0.25, 0.3) is 0 Å². The average molecular weight is 387 g/mol. The molecule has 3 aromatic rings. The molecule has 0 unspecified atom stereocenters. The molecule has 0 saturated heterocycles. The SMILES string of the molecule is CC(=O)Nc1cccc(C(=O)NN=Cc2ccccc2OCc2ccccc2)c1. The second-order valence-corrected chi connectivity index (χ2v) is 6.27. The molecule has 0 bridgehead atoms. The molecule has 0 fully saturated rings. The number of nitrogens with one attached hydrogen (secondary N) is 2. The van der Waals surface area contributed by atoms with E-state index in [1.165, 1.54) is 13.1 Å². The fraction of sp³-hybridized carbons (Fsp3) is 0.0870. The van der Waals surface area contributed by atoms with Gasteiger partial charge in [-0.25, -0.2) is 5.43 Å². The van der Waals surface area contributed by atoms with Gasteiger partial charge in [0.25, 0.3) is 5.91 Å². The van der Waals surface area contributed by atoms with Crippen LogP contribution in [0.15, 0.2) is 84.0 Å². The molecule has 0 aromatic heterocycles. The van der Waals surface area contributed by atoms with E-state index in [4.69, 9.17) is 4.74 Å². The van der Waals surface area contributed by atoms with Crippen LogP contribution < -0.4 is 15.5 Å². The number of benzene rings is 3. The summed E-state index contributed by atoms with van der Waals surface area (Å²) in [4.78, 5) is 23.5. The molecule has 0 saturated carbocycles. The highest BCUT2D eigenvalue weighted by molar-refractivity contribution is 5.97. The van der Waals surface area contributed by atoms with Crippen LogP contribution >= 0.6 is 0 Å². The van der Waals surface area contributed by atoms with Crippen LogP contribution in [0.2, 0.25) is 0 Å². The van der Waals surface area contributed by atoms with Crippen molar-refractivity contribution in [3.8, 4) is 5.75 Å². The van der Waals surface area contributed by atoms with Gasteiger partial charge in [-0.15, -0.1) is 0 Å². The van der Waals surface area contributed by atoms with E-state index in [-0.39, 0.29) is 11.8 Å². The van der Waals surface area contributed by atoms with Gasteiger partial charge < -0.3 is 10.1 Å². The van der Waals surface area contributed by atoms with Crippen LogP contribution in [-0.2, 0) is 11.4 Å². The highest BCUT2D eigenvalue weighted by Gasteiger charge is 2.06. The Morgan fingerprint density at radius 1 is 0.966 bits per heavy atom. The lowest BCUT2D eigenvalue weighted by atomic mass is 10.2. The molecule has 0 aliphatic carbocycles. The monoisotopic (exact) mass is 387 g/mol. The molecule has 3 rings (SSSR count). The number of nitrogens with zero attached hydrogens (tertiary/aromatic N) is 1. The lowest BCUT2D eigenvalue weighted by Gasteiger charge is -2.09. The number of amides is 2. The minimum absolute atomic E-state index is 0.201. The smallest absolute Gasteiger partial charge is 0.271 e. The van der Waals surface area contributed by atoms with E-state index in [1.807, 2.05) is 54.6 Å². The number of hydrogen-bond donors (Lipinski definition) is 2. The molecule has 0 aliphatic rings. The molecular weight excluding hydrogens is 366 g/mol. The number of para-hydroxylation sites is 1. The summed E-state index contributed by atoms with van der Waals surface area (Å²) in [5.74, 6) is 0.0887. The Morgan fingerprint density at radius 3 is 2.52 bits per heavy atom. The van der Waals surface area contributed by atoms with Crippen LogP contribution in [-0.4, -0.2) is 18.0 Å². The third-order valence-corrected chi connectivity index (χ3v) is 3.97. The molecule has 2 N–H and O–H groups in total. The van der Waals surface area contributed by atoms with Crippen molar-refractivity contribution in [1.82, 2.24) is 5.43 Å². The van der Waals surface area contributed by atoms with Crippen molar-refractivity contribution >= 4 is 23.7 Å². The average Bonchev–Trinajstić information content (AvgIpc) is 2.73. The summed E-state index contributed by atoms with van der Waals surface area (Å²) in [6.07, 6.45) is 1.54. The fourth-order valence-electron chi connectivity index (χ4n) is 2.62. The van der Waals surface area contributed by atoms with E-state index in [9.17, 15) is 9.59 Å². The van der Waals surface area contributed by atoms with Crippen molar-refractivity contribution in [2.24, 2.45) is 5.10 Å². The first kappa shape index (κ1) is 19.8. The van der Waals surface area contributed by atoms with E-state index in [2.05, 4.69) is 15.8 Å². The van der Waals surface area contributed by atoms with E-state index in [0.717, 1.165) is 11.1 Å². The first-order chi connectivity index (χ1) is 14.1. The maximum Gasteiger partial charge on any atom is 0.271 e. The highest BCUT2D eigenvalue weighted by Crippen LogP contribution is 2.17. The molecule has 0 radical (unpaired) electrons. The fourth-order valence-corrected chi connectivity index (χ4v) is 2.62. The van der Waals surface area contributed by atoms with E-state index in [0.29, 0.717) is 23.6 Å². The summed E-state index contributed by atoms with van der Waals surface area (Å²) >= 11 is 0. The summed E-state index contributed by atoms with van der Waals surface area (Å²) in [5, 5.41) is 6.68. The van der Waals surface area contributed by atoms with E-state index < -0.39 is 0 Å². The largest absolute Gasteiger partial charge is 0.488 e. The molecule has 0 heterocycles. The van der Waals surface area contributed by atoms with Crippen molar-refractivity contribution in [2.75, 3.05) is 5.32 Å². The lowest BCUT2D eigenvalue weighted by Crippen LogP contribution is -2.18. The van der Waals surface area contributed by atoms with Gasteiger partial charge in [0.05, 0.1) is 6.21 Å². The Kier molecular flexibility index (Phi) is 6.73. The number of hydrazone groups is 1. The Labute approximate surface area is 169 Å².